The van der Waals surface area contributed by atoms with Crippen molar-refractivity contribution in [2.75, 3.05) is 7.11 Å². The first-order chi connectivity index (χ1) is 5.69. The molecular weight excluding hydrogens is 194 g/mol. The zero-order chi connectivity index (χ0) is 9.14. The van der Waals surface area contributed by atoms with Crippen LogP contribution < -0.4 is 5.73 Å². The normalized spacial score (nSPS) is 9.15. The van der Waals surface area contributed by atoms with Gasteiger partial charge in [-0.2, -0.15) is 0 Å². The first-order valence-corrected chi connectivity index (χ1v) is 3.56. The Labute approximate surface area is 82.5 Å². The molecule has 1 aromatic rings. The predicted molar refractivity (Wildman–Crippen MR) is 49.9 cm³/mol. The average molecular weight is 206 g/mol. The minimum absolute atomic E-state index is 0. The largest absolute Gasteiger partial charge is 0.463 e. The van der Waals surface area contributed by atoms with Crippen LogP contribution in [0.1, 0.15) is 21.9 Å². The highest BCUT2D eigenvalue weighted by Crippen LogP contribution is 2.14. The van der Waals surface area contributed by atoms with E-state index in [1.807, 2.05) is 0 Å². The van der Waals surface area contributed by atoms with E-state index < -0.39 is 5.97 Å². The van der Waals surface area contributed by atoms with Crippen LogP contribution in [0.5, 0.6) is 0 Å². The highest BCUT2D eigenvalue weighted by atomic mass is 35.5. The SMILES string of the molecule is COC(=O)c1cc(CN)c(C)o1.Cl. The number of carbonyl (C=O) groups excluding carboxylic acids is 1. The number of halogens is 1. The Balaban J connectivity index is 0.00000144. The minimum atomic E-state index is -0.474. The molecule has 0 saturated heterocycles. The van der Waals surface area contributed by atoms with Crippen LogP contribution in [0.2, 0.25) is 0 Å². The van der Waals surface area contributed by atoms with E-state index in [9.17, 15) is 4.79 Å². The highest BCUT2D eigenvalue weighted by Gasteiger charge is 2.13. The number of carbonyl (C=O) groups is 1. The van der Waals surface area contributed by atoms with Crippen molar-refractivity contribution in [3.05, 3.63) is 23.2 Å². The number of rotatable bonds is 2. The molecule has 0 aromatic carbocycles. The van der Waals surface area contributed by atoms with Crippen molar-refractivity contribution in [1.82, 2.24) is 0 Å². The molecule has 0 radical (unpaired) electrons. The van der Waals surface area contributed by atoms with Crippen molar-refractivity contribution < 1.29 is 13.9 Å². The molecule has 0 spiro atoms. The molecule has 5 heteroatoms. The Morgan fingerprint density at radius 3 is 2.69 bits per heavy atom. The van der Waals surface area contributed by atoms with Gasteiger partial charge in [-0.25, -0.2) is 4.79 Å². The zero-order valence-corrected chi connectivity index (χ0v) is 8.31. The lowest BCUT2D eigenvalue weighted by atomic mass is 10.2. The molecule has 1 aromatic heterocycles. The summed E-state index contributed by atoms with van der Waals surface area (Å²) in [5.41, 5.74) is 6.22. The van der Waals surface area contributed by atoms with Gasteiger partial charge in [-0.15, -0.1) is 12.4 Å². The van der Waals surface area contributed by atoms with Crippen LogP contribution in [0.25, 0.3) is 0 Å². The Morgan fingerprint density at radius 2 is 2.31 bits per heavy atom. The molecule has 0 bridgehead atoms. The lowest BCUT2D eigenvalue weighted by molar-refractivity contribution is 0.0563. The fourth-order valence-electron chi connectivity index (χ4n) is 0.924. The van der Waals surface area contributed by atoms with Crippen LogP contribution in [-0.2, 0) is 11.3 Å². The third-order valence-electron chi connectivity index (χ3n) is 1.63. The molecule has 0 aliphatic carbocycles. The van der Waals surface area contributed by atoms with Gasteiger partial charge in [0.1, 0.15) is 5.76 Å². The quantitative estimate of drug-likeness (QED) is 0.739. The van der Waals surface area contributed by atoms with Gasteiger partial charge in [0.25, 0.3) is 0 Å². The molecule has 0 aliphatic heterocycles. The summed E-state index contributed by atoms with van der Waals surface area (Å²) >= 11 is 0. The van der Waals surface area contributed by atoms with Crippen LogP contribution in [-0.4, -0.2) is 13.1 Å². The van der Waals surface area contributed by atoms with E-state index in [4.69, 9.17) is 10.2 Å². The standard InChI is InChI=1S/C8H11NO3.ClH/c1-5-6(4-9)3-7(12-5)8(10)11-2;/h3H,4,9H2,1-2H3;1H. The van der Waals surface area contributed by atoms with Crippen LogP contribution >= 0.6 is 12.4 Å². The Kier molecular flexibility index (Phi) is 4.51. The maximum Gasteiger partial charge on any atom is 0.373 e. The summed E-state index contributed by atoms with van der Waals surface area (Å²) in [5, 5.41) is 0. The molecular formula is C8H12ClNO3. The topological polar surface area (TPSA) is 65.5 Å². The Morgan fingerprint density at radius 1 is 1.69 bits per heavy atom. The molecule has 0 atom stereocenters. The van der Waals surface area contributed by atoms with Crippen molar-refractivity contribution in [3.8, 4) is 0 Å². The zero-order valence-electron chi connectivity index (χ0n) is 7.49. The van der Waals surface area contributed by atoms with E-state index in [0.717, 1.165) is 5.56 Å². The van der Waals surface area contributed by atoms with E-state index in [-0.39, 0.29) is 18.2 Å². The smallest absolute Gasteiger partial charge is 0.373 e. The third kappa shape index (κ3) is 2.47. The molecule has 0 amide bonds. The first kappa shape index (κ1) is 12.0. The average Bonchev–Trinajstić information content (AvgIpc) is 2.45. The van der Waals surface area contributed by atoms with Crippen molar-refractivity contribution in [2.24, 2.45) is 5.73 Å². The molecule has 0 fully saturated rings. The first-order valence-electron chi connectivity index (χ1n) is 3.56. The molecule has 4 nitrogen and oxygen atoms in total. The fraction of sp³-hybridized carbons (Fsp3) is 0.375. The fourth-order valence-corrected chi connectivity index (χ4v) is 0.924. The van der Waals surface area contributed by atoms with Crippen molar-refractivity contribution in [2.45, 2.75) is 13.5 Å². The summed E-state index contributed by atoms with van der Waals surface area (Å²) in [6, 6.07) is 1.60. The van der Waals surface area contributed by atoms with Gasteiger partial charge in [0.15, 0.2) is 0 Å². The van der Waals surface area contributed by atoms with E-state index in [0.29, 0.717) is 12.3 Å². The highest BCUT2D eigenvalue weighted by molar-refractivity contribution is 5.86. The summed E-state index contributed by atoms with van der Waals surface area (Å²) < 4.78 is 9.58. The second-order valence-electron chi connectivity index (χ2n) is 2.39. The lowest BCUT2D eigenvalue weighted by Crippen LogP contribution is -1.99. The van der Waals surface area contributed by atoms with E-state index in [1.165, 1.54) is 7.11 Å². The summed E-state index contributed by atoms with van der Waals surface area (Å²) in [4.78, 5) is 10.9. The van der Waals surface area contributed by atoms with Gasteiger partial charge in [0.05, 0.1) is 7.11 Å². The van der Waals surface area contributed by atoms with Gasteiger partial charge in [0.2, 0.25) is 5.76 Å². The number of aryl methyl sites for hydroxylation is 1. The van der Waals surface area contributed by atoms with Crippen molar-refractivity contribution in [1.29, 1.82) is 0 Å². The van der Waals surface area contributed by atoms with Crippen molar-refractivity contribution >= 4 is 18.4 Å². The molecule has 74 valence electrons. The molecule has 1 rings (SSSR count). The summed E-state index contributed by atoms with van der Waals surface area (Å²) in [6.45, 7) is 2.13. The number of methoxy groups -OCH3 is 1. The maximum absolute atomic E-state index is 10.9. The van der Waals surface area contributed by atoms with Crippen molar-refractivity contribution in [3.63, 3.8) is 0 Å². The molecule has 2 N–H and O–H groups in total. The number of ether oxygens (including phenoxy) is 1. The van der Waals surface area contributed by atoms with E-state index >= 15 is 0 Å². The monoisotopic (exact) mass is 205 g/mol. The van der Waals surface area contributed by atoms with Gasteiger partial charge in [-0.05, 0) is 13.0 Å². The minimum Gasteiger partial charge on any atom is -0.463 e. The Bertz CT molecular complexity index is 296. The van der Waals surface area contributed by atoms with Crippen LogP contribution in [0.15, 0.2) is 10.5 Å². The molecule has 0 aliphatic rings. The molecule has 0 unspecified atom stereocenters. The van der Waals surface area contributed by atoms with Gasteiger partial charge in [0, 0.05) is 12.1 Å². The number of hydrogen-bond acceptors (Lipinski definition) is 4. The van der Waals surface area contributed by atoms with Crippen LogP contribution in [0.4, 0.5) is 0 Å². The third-order valence-corrected chi connectivity index (χ3v) is 1.63. The van der Waals surface area contributed by atoms with Gasteiger partial charge < -0.3 is 14.9 Å². The second-order valence-corrected chi connectivity index (χ2v) is 2.39. The summed E-state index contributed by atoms with van der Waals surface area (Å²) in [6.07, 6.45) is 0. The van der Waals surface area contributed by atoms with E-state index in [2.05, 4.69) is 4.74 Å². The van der Waals surface area contributed by atoms with Gasteiger partial charge in [-0.1, -0.05) is 0 Å². The van der Waals surface area contributed by atoms with Gasteiger partial charge in [-0.3, -0.25) is 0 Å². The van der Waals surface area contributed by atoms with Gasteiger partial charge >= 0.3 is 5.97 Å². The predicted octanol–water partition coefficient (Wildman–Crippen LogP) is 1.26. The number of furan rings is 1. The number of esters is 1. The van der Waals surface area contributed by atoms with Crippen LogP contribution in [0, 0.1) is 6.92 Å². The summed E-state index contributed by atoms with van der Waals surface area (Å²) in [5.74, 6) is 0.395. The lowest BCUT2D eigenvalue weighted by Gasteiger charge is -1.90. The molecule has 13 heavy (non-hydrogen) atoms. The molecule has 1 heterocycles. The number of hydrogen-bond donors (Lipinski definition) is 1. The van der Waals surface area contributed by atoms with Crippen LogP contribution in [0.3, 0.4) is 0 Å². The van der Waals surface area contributed by atoms with E-state index in [1.54, 1.807) is 13.0 Å². The summed E-state index contributed by atoms with van der Waals surface area (Å²) in [7, 11) is 1.31. The maximum atomic E-state index is 10.9. The second kappa shape index (κ2) is 4.89. The number of nitrogens with two attached hydrogens (primary N) is 1. The molecule has 0 saturated carbocycles. The Hall–Kier alpha value is -1.00.